The minimum atomic E-state index is -1.21. The highest BCUT2D eigenvalue weighted by Gasteiger charge is 2.11. The third-order valence-electron chi connectivity index (χ3n) is 2.97. The van der Waals surface area contributed by atoms with Crippen LogP contribution in [0.3, 0.4) is 0 Å². The van der Waals surface area contributed by atoms with Gasteiger partial charge >= 0.3 is 5.97 Å². The van der Waals surface area contributed by atoms with Crippen molar-refractivity contribution in [1.82, 2.24) is 0 Å². The molecule has 5 heteroatoms. The lowest BCUT2D eigenvalue weighted by Gasteiger charge is -2.07. The number of rotatable bonds is 5. The molecule has 0 fully saturated rings. The van der Waals surface area contributed by atoms with Gasteiger partial charge in [0.15, 0.2) is 5.78 Å². The average molecular weight is 316 g/mol. The van der Waals surface area contributed by atoms with Crippen LogP contribution in [0.1, 0.15) is 15.9 Å². The SMILES string of the molecule is Cc1ccc(C(=O)C=C(Nc2ccc(Cl)cc2)C(=O)O)cc1. The van der Waals surface area contributed by atoms with Crippen molar-refractivity contribution >= 4 is 29.0 Å². The molecule has 0 radical (unpaired) electrons. The van der Waals surface area contributed by atoms with E-state index in [-0.39, 0.29) is 11.5 Å². The van der Waals surface area contributed by atoms with Crippen LogP contribution in [0.4, 0.5) is 5.69 Å². The lowest BCUT2D eigenvalue weighted by molar-refractivity contribution is -0.132. The molecule has 0 aliphatic carbocycles. The van der Waals surface area contributed by atoms with E-state index in [0.717, 1.165) is 11.6 Å². The zero-order valence-corrected chi connectivity index (χ0v) is 12.6. The van der Waals surface area contributed by atoms with Crippen LogP contribution in [0.25, 0.3) is 0 Å². The number of aryl methyl sites for hydroxylation is 1. The maximum Gasteiger partial charge on any atom is 0.352 e. The molecule has 2 aromatic rings. The number of hydrogen-bond donors (Lipinski definition) is 2. The molecule has 0 aromatic heterocycles. The minimum Gasteiger partial charge on any atom is -0.477 e. The lowest BCUT2D eigenvalue weighted by atomic mass is 10.1. The summed E-state index contributed by atoms with van der Waals surface area (Å²) < 4.78 is 0. The van der Waals surface area contributed by atoms with Crippen LogP contribution in [0.15, 0.2) is 60.3 Å². The number of carbonyl (C=O) groups excluding carboxylic acids is 1. The van der Waals surface area contributed by atoms with Crippen molar-refractivity contribution in [2.24, 2.45) is 0 Å². The van der Waals surface area contributed by atoms with E-state index < -0.39 is 5.97 Å². The highest BCUT2D eigenvalue weighted by Crippen LogP contribution is 2.16. The molecular formula is C17H14ClNO3. The summed E-state index contributed by atoms with van der Waals surface area (Å²) in [5, 5.41) is 12.5. The summed E-state index contributed by atoms with van der Waals surface area (Å²) in [6, 6.07) is 13.5. The van der Waals surface area contributed by atoms with E-state index in [4.69, 9.17) is 11.6 Å². The number of benzene rings is 2. The number of anilines is 1. The molecule has 112 valence electrons. The second-order valence-corrected chi connectivity index (χ2v) is 5.16. The Morgan fingerprint density at radius 3 is 2.18 bits per heavy atom. The van der Waals surface area contributed by atoms with Crippen molar-refractivity contribution in [1.29, 1.82) is 0 Å². The van der Waals surface area contributed by atoms with Crippen molar-refractivity contribution in [3.05, 3.63) is 76.5 Å². The van der Waals surface area contributed by atoms with Gasteiger partial charge in [-0.2, -0.15) is 0 Å². The molecule has 0 amide bonds. The number of allylic oxidation sites excluding steroid dienone is 1. The Kier molecular flexibility index (Phi) is 4.96. The summed E-state index contributed by atoms with van der Waals surface area (Å²) in [4.78, 5) is 23.4. The molecule has 4 nitrogen and oxygen atoms in total. The molecule has 0 heterocycles. The van der Waals surface area contributed by atoms with Crippen molar-refractivity contribution in [2.75, 3.05) is 5.32 Å². The van der Waals surface area contributed by atoms with Crippen LogP contribution >= 0.6 is 11.6 Å². The molecule has 0 saturated heterocycles. The van der Waals surface area contributed by atoms with Gasteiger partial charge in [-0.25, -0.2) is 4.79 Å². The average Bonchev–Trinajstić information content (AvgIpc) is 2.49. The van der Waals surface area contributed by atoms with Crippen molar-refractivity contribution in [3.63, 3.8) is 0 Å². The third kappa shape index (κ3) is 4.20. The molecule has 2 rings (SSSR count). The first-order chi connectivity index (χ1) is 10.5. The normalized spacial score (nSPS) is 11.1. The molecule has 0 bridgehead atoms. The maximum absolute atomic E-state index is 12.1. The Hall–Kier alpha value is -2.59. The first-order valence-electron chi connectivity index (χ1n) is 6.54. The van der Waals surface area contributed by atoms with Crippen molar-refractivity contribution in [2.45, 2.75) is 6.92 Å². The molecule has 0 atom stereocenters. The fraction of sp³-hybridized carbons (Fsp3) is 0.0588. The van der Waals surface area contributed by atoms with E-state index in [1.165, 1.54) is 0 Å². The number of carbonyl (C=O) groups is 2. The molecule has 0 spiro atoms. The quantitative estimate of drug-likeness (QED) is 0.648. The molecule has 0 unspecified atom stereocenters. The smallest absolute Gasteiger partial charge is 0.352 e. The molecule has 0 aliphatic rings. The fourth-order valence-electron chi connectivity index (χ4n) is 1.77. The summed E-state index contributed by atoms with van der Waals surface area (Å²) in [6.07, 6.45) is 1.07. The molecule has 22 heavy (non-hydrogen) atoms. The second kappa shape index (κ2) is 6.91. The van der Waals surface area contributed by atoms with Gasteiger partial charge in [-0.15, -0.1) is 0 Å². The predicted octanol–water partition coefficient (Wildman–Crippen LogP) is 3.91. The number of nitrogens with one attached hydrogen (secondary N) is 1. The predicted molar refractivity (Wildman–Crippen MR) is 86.3 cm³/mol. The Balaban J connectivity index is 2.23. The van der Waals surface area contributed by atoms with E-state index in [0.29, 0.717) is 16.3 Å². The first kappa shape index (κ1) is 15.8. The zero-order chi connectivity index (χ0) is 16.1. The molecule has 2 N–H and O–H groups in total. The van der Waals surface area contributed by atoms with E-state index in [2.05, 4.69) is 5.32 Å². The van der Waals surface area contributed by atoms with Gasteiger partial charge in [0.05, 0.1) is 0 Å². The topological polar surface area (TPSA) is 66.4 Å². The van der Waals surface area contributed by atoms with E-state index in [1.54, 1.807) is 48.5 Å². The molecular weight excluding hydrogens is 302 g/mol. The number of halogens is 1. The number of aliphatic carboxylic acids is 1. The van der Waals surface area contributed by atoms with Gasteiger partial charge in [-0.3, -0.25) is 4.79 Å². The van der Waals surface area contributed by atoms with Crippen LogP contribution in [0, 0.1) is 6.92 Å². The van der Waals surface area contributed by atoms with Gasteiger partial charge in [0, 0.05) is 22.3 Å². The van der Waals surface area contributed by atoms with Crippen LogP contribution < -0.4 is 5.32 Å². The highest BCUT2D eigenvalue weighted by molar-refractivity contribution is 6.30. The summed E-state index contributed by atoms with van der Waals surface area (Å²) >= 11 is 5.78. The Bertz CT molecular complexity index is 719. The second-order valence-electron chi connectivity index (χ2n) is 4.73. The Labute approximate surface area is 133 Å². The van der Waals surface area contributed by atoms with Gasteiger partial charge in [-0.1, -0.05) is 41.4 Å². The van der Waals surface area contributed by atoms with Crippen LogP contribution in [-0.4, -0.2) is 16.9 Å². The summed E-state index contributed by atoms with van der Waals surface area (Å²) in [5.41, 5.74) is 1.79. The molecule has 2 aromatic carbocycles. The molecule has 0 saturated carbocycles. The number of carboxylic acids is 1. The fourth-order valence-corrected chi connectivity index (χ4v) is 1.90. The highest BCUT2D eigenvalue weighted by atomic mass is 35.5. The standard InChI is InChI=1S/C17H14ClNO3/c1-11-2-4-12(5-3-11)16(20)10-15(17(21)22)19-14-8-6-13(18)7-9-14/h2-10,19H,1H3,(H,21,22). The van der Waals surface area contributed by atoms with E-state index >= 15 is 0 Å². The lowest BCUT2D eigenvalue weighted by Crippen LogP contribution is -2.12. The van der Waals surface area contributed by atoms with Gasteiger partial charge in [-0.05, 0) is 31.2 Å². The number of carboxylic acid groups (broad SMARTS) is 1. The summed E-state index contributed by atoms with van der Waals surface area (Å²) in [5.74, 6) is -1.59. The van der Waals surface area contributed by atoms with Crippen molar-refractivity contribution < 1.29 is 14.7 Å². The molecule has 0 aliphatic heterocycles. The van der Waals surface area contributed by atoms with E-state index in [9.17, 15) is 14.7 Å². The van der Waals surface area contributed by atoms with Crippen LogP contribution in [-0.2, 0) is 4.79 Å². The van der Waals surface area contributed by atoms with Crippen LogP contribution in [0.2, 0.25) is 5.02 Å². The van der Waals surface area contributed by atoms with Gasteiger partial charge < -0.3 is 10.4 Å². The van der Waals surface area contributed by atoms with Gasteiger partial charge in [0.25, 0.3) is 0 Å². The Morgan fingerprint density at radius 1 is 1.05 bits per heavy atom. The first-order valence-corrected chi connectivity index (χ1v) is 6.92. The number of hydrogen-bond acceptors (Lipinski definition) is 3. The van der Waals surface area contributed by atoms with Crippen LogP contribution in [0.5, 0.6) is 0 Å². The zero-order valence-electron chi connectivity index (χ0n) is 11.8. The Morgan fingerprint density at radius 2 is 1.64 bits per heavy atom. The number of ketones is 1. The monoisotopic (exact) mass is 315 g/mol. The maximum atomic E-state index is 12.1. The van der Waals surface area contributed by atoms with Crippen molar-refractivity contribution in [3.8, 4) is 0 Å². The summed E-state index contributed by atoms with van der Waals surface area (Å²) in [7, 11) is 0. The van der Waals surface area contributed by atoms with E-state index in [1.807, 2.05) is 6.92 Å². The van der Waals surface area contributed by atoms with Gasteiger partial charge in [0.1, 0.15) is 5.70 Å². The minimum absolute atomic E-state index is 0.201. The summed E-state index contributed by atoms with van der Waals surface area (Å²) in [6.45, 7) is 1.91. The largest absolute Gasteiger partial charge is 0.477 e. The third-order valence-corrected chi connectivity index (χ3v) is 3.22. The van der Waals surface area contributed by atoms with Gasteiger partial charge in [0.2, 0.25) is 0 Å².